The van der Waals surface area contributed by atoms with Gasteiger partial charge in [0.15, 0.2) is 17.4 Å². The highest BCUT2D eigenvalue weighted by atomic mass is 32.2. The molecule has 0 bridgehead atoms. The number of likely N-dealkylation sites (tertiary alicyclic amines) is 1. The van der Waals surface area contributed by atoms with E-state index < -0.39 is 50.8 Å². The summed E-state index contributed by atoms with van der Waals surface area (Å²) in [6.45, 7) is 4.24. The fourth-order valence-corrected chi connectivity index (χ4v) is 9.16. The Labute approximate surface area is 363 Å². The van der Waals surface area contributed by atoms with Gasteiger partial charge in [0, 0.05) is 99.4 Å². The first-order chi connectivity index (χ1) is 30.3. The highest BCUT2D eigenvalue weighted by molar-refractivity contribution is 7.90. The monoisotopic (exact) mass is 883 g/mol. The number of fused-ring (bicyclic) bond motifs is 1. The molecule has 17 nitrogen and oxygen atoms in total. The number of aliphatic imine (C=N–C) groups is 1. The Bertz CT molecular complexity index is 2550. The van der Waals surface area contributed by atoms with Gasteiger partial charge in [0.2, 0.25) is 17.8 Å². The van der Waals surface area contributed by atoms with Crippen LogP contribution in [0.2, 0.25) is 0 Å². The summed E-state index contributed by atoms with van der Waals surface area (Å²) in [5.41, 5.74) is 2.00. The number of rotatable bonds is 12. The molecule has 2 unspecified atom stereocenters. The summed E-state index contributed by atoms with van der Waals surface area (Å²) in [6, 6.07) is 10.9. The quantitative estimate of drug-likeness (QED) is 0.111. The van der Waals surface area contributed by atoms with Crippen molar-refractivity contribution < 1.29 is 36.4 Å². The number of amides is 4. The zero-order valence-electron chi connectivity index (χ0n) is 34.7. The molecule has 3 fully saturated rings. The van der Waals surface area contributed by atoms with Crippen molar-refractivity contribution >= 4 is 63.2 Å². The molecule has 2 aromatic heterocycles. The number of benzene rings is 2. The molecule has 0 spiro atoms. The van der Waals surface area contributed by atoms with E-state index in [9.17, 15) is 27.6 Å². The molecule has 0 radical (unpaired) electrons. The number of ketones is 1. The molecule has 0 aliphatic carbocycles. The summed E-state index contributed by atoms with van der Waals surface area (Å²) in [7, 11) is -2.86. The Morgan fingerprint density at radius 3 is 2.29 bits per heavy atom. The molecular weight excluding hydrogens is 837 g/mol. The van der Waals surface area contributed by atoms with Gasteiger partial charge >= 0.3 is 16.2 Å². The standard InChI is InChI=1S/C43H47F2N11O6S/c1-3-54(2)63(61,62)53-34-9-8-33(44)37(38(34)45)39(58)32-24-47-40-31(32)20-27(21-46-40)28-22-48-42(49-23-28)55-18-14-30(15-19-55)51-43(60)56-16-12-26(13-17-56)25-4-6-29(7-5-25)50-35-10-11-36(57)52-41(35)59/h4-9,20-24,26,30,32,35,50,53H,3,10-19H2,1-2H3,(H,51,60)(H,52,57,59). The van der Waals surface area contributed by atoms with Crippen LogP contribution in [-0.2, 0) is 19.8 Å². The van der Waals surface area contributed by atoms with E-state index in [0.717, 1.165) is 35.0 Å². The Balaban J connectivity index is 0.821. The summed E-state index contributed by atoms with van der Waals surface area (Å²) < 4.78 is 58.7. The summed E-state index contributed by atoms with van der Waals surface area (Å²) in [6.07, 6.45) is 9.94. The van der Waals surface area contributed by atoms with Crippen LogP contribution in [0.25, 0.3) is 11.1 Å². The van der Waals surface area contributed by atoms with E-state index in [1.165, 1.54) is 18.8 Å². The number of aromatic nitrogens is 3. The second-order valence-corrected chi connectivity index (χ2v) is 17.9. The predicted molar refractivity (Wildman–Crippen MR) is 231 cm³/mol. The fraction of sp³-hybridized carbons (Fsp3) is 0.395. The predicted octanol–water partition coefficient (Wildman–Crippen LogP) is 4.88. The van der Waals surface area contributed by atoms with Crippen molar-refractivity contribution in [3.63, 3.8) is 0 Å². The Kier molecular flexibility index (Phi) is 12.4. The summed E-state index contributed by atoms with van der Waals surface area (Å²) in [4.78, 5) is 72.1. The minimum Gasteiger partial charge on any atom is -0.374 e. The molecular formula is C43H47F2N11O6S. The molecule has 4 aromatic rings. The molecule has 8 rings (SSSR count). The molecule has 2 aromatic carbocycles. The molecule has 4 N–H and O–H groups in total. The number of carbonyl (C=O) groups excluding carboxylic acids is 4. The average molecular weight is 884 g/mol. The van der Waals surface area contributed by atoms with Gasteiger partial charge in [-0.2, -0.15) is 12.7 Å². The molecule has 0 saturated carbocycles. The maximum atomic E-state index is 15.6. The molecule has 2 atom stereocenters. The lowest BCUT2D eigenvalue weighted by Gasteiger charge is -2.36. The summed E-state index contributed by atoms with van der Waals surface area (Å²) >= 11 is 0. The topological polar surface area (TPSA) is 211 Å². The maximum Gasteiger partial charge on any atom is 0.317 e. The molecule has 4 aliphatic heterocycles. The Hall–Kier alpha value is -6.41. The molecule has 4 aliphatic rings. The third-order valence-electron chi connectivity index (χ3n) is 12.1. The van der Waals surface area contributed by atoms with E-state index in [0.29, 0.717) is 80.4 Å². The molecule has 4 amide bonds. The van der Waals surface area contributed by atoms with Crippen LogP contribution >= 0.6 is 0 Å². The van der Waals surface area contributed by atoms with Gasteiger partial charge in [-0.05, 0) is 73.9 Å². The third kappa shape index (κ3) is 9.36. The van der Waals surface area contributed by atoms with Crippen molar-refractivity contribution in [2.75, 3.05) is 54.7 Å². The Morgan fingerprint density at radius 1 is 0.905 bits per heavy atom. The number of urea groups is 1. The van der Waals surface area contributed by atoms with E-state index in [1.807, 2.05) is 21.9 Å². The van der Waals surface area contributed by atoms with Crippen molar-refractivity contribution in [3.05, 3.63) is 89.4 Å². The second kappa shape index (κ2) is 18.1. The smallest absolute Gasteiger partial charge is 0.317 e. The SMILES string of the molecule is CCN(C)S(=O)(=O)Nc1ccc(F)c(C(=O)C2C=Nc3ncc(-c4cnc(N5CCC(NC(=O)N6CCC(c7ccc(NC8CCC(=O)NC8=O)cc7)CC6)CC5)nc4)cc32)c1F. The highest BCUT2D eigenvalue weighted by Crippen LogP contribution is 2.37. The molecule has 330 valence electrons. The van der Waals surface area contributed by atoms with Crippen molar-refractivity contribution in [2.45, 2.75) is 69.4 Å². The number of hydrogen-bond donors (Lipinski definition) is 4. The van der Waals surface area contributed by atoms with Gasteiger partial charge in [0.25, 0.3) is 0 Å². The van der Waals surface area contributed by atoms with Crippen LogP contribution < -0.4 is 25.6 Å². The number of nitrogens with one attached hydrogen (secondary N) is 4. The lowest BCUT2D eigenvalue weighted by Crippen LogP contribution is -2.51. The molecule has 20 heteroatoms. The van der Waals surface area contributed by atoms with Gasteiger partial charge in [-0.3, -0.25) is 24.4 Å². The number of hydrogen-bond acceptors (Lipinski definition) is 12. The number of nitrogens with zero attached hydrogens (tertiary/aromatic N) is 7. The van der Waals surface area contributed by atoms with Crippen LogP contribution in [0.4, 0.5) is 36.7 Å². The van der Waals surface area contributed by atoms with Crippen molar-refractivity contribution in [2.24, 2.45) is 4.99 Å². The van der Waals surface area contributed by atoms with Crippen LogP contribution in [0.15, 0.2) is 66.0 Å². The number of pyridine rings is 1. The van der Waals surface area contributed by atoms with Crippen LogP contribution in [0.3, 0.4) is 0 Å². The normalized spacial score (nSPS) is 19.5. The first-order valence-corrected chi connectivity index (χ1v) is 22.4. The van der Waals surface area contributed by atoms with Crippen molar-refractivity contribution in [1.82, 2.24) is 34.8 Å². The minimum atomic E-state index is -4.15. The number of piperidine rings is 3. The van der Waals surface area contributed by atoms with Gasteiger partial charge < -0.3 is 20.4 Å². The fourth-order valence-electron chi connectivity index (χ4n) is 8.23. The van der Waals surface area contributed by atoms with Crippen molar-refractivity contribution in [3.8, 4) is 11.1 Å². The van der Waals surface area contributed by atoms with Crippen LogP contribution in [0, 0.1) is 11.6 Å². The van der Waals surface area contributed by atoms with Gasteiger partial charge in [-0.15, -0.1) is 0 Å². The summed E-state index contributed by atoms with van der Waals surface area (Å²) in [5.74, 6) is -4.12. The van der Waals surface area contributed by atoms with Crippen molar-refractivity contribution in [1.29, 1.82) is 0 Å². The van der Waals surface area contributed by atoms with Gasteiger partial charge in [0.05, 0.1) is 17.2 Å². The number of halogens is 2. The van der Waals surface area contributed by atoms with Crippen LogP contribution in [0.1, 0.15) is 78.8 Å². The number of anilines is 3. The van der Waals surface area contributed by atoms with Gasteiger partial charge in [0.1, 0.15) is 11.9 Å². The van der Waals surface area contributed by atoms with E-state index in [-0.39, 0.29) is 36.2 Å². The number of Topliss-reactive ketones (excluding diaryl/α,β-unsaturated/α-hetero) is 1. The largest absolute Gasteiger partial charge is 0.374 e. The van der Waals surface area contributed by atoms with Gasteiger partial charge in [-0.1, -0.05) is 19.1 Å². The van der Waals surface area contributed by atoms with Crippen LogP contribution in [0.5, 0.6) is 0 Å². The zero-order chi connectivity index (χ0) is 44.4. The highest BCUT2D eigenvalue weighted by Gasteiger charge is 2.34. The first kappa shape index (κ1) is 43.2. The first-order valence-electron chi connectivity index (χ1n) is 20.9. The summed E-state index contributed by atoms with van der Waals surface area (Å²) in [5, 5.41) is 8.79. The van der Waals surface area contributed by atoms with Crippen LogP contribution in [-0.4, -0.2) is 114 Å². The van der Waals surface area contributed by atoms with E-state index in [1.54, 1.807) is 31.6 Å². The molecule has 3 saturated heterocycles. The Morgan fingerprint density at radius 2 is 1.60 bits per heavy atom. The van der Waals surface area contributed by atoms with E-state index in [4.69, 9.17) is 0 Å². The molecule has 63 heavy (non-hydrogen) atoms. The third-order valence-corrected chi connectivity index (χ3v) is 13.7. The second-order valence-electron chi connectivity index (χ2n) is 16.1. The zero-order valence-corrected chi connectivity index (χ0v) is 35.5. The lowest BCUT2D eigenvalue weighted by atomic mass is 9.89. The maximum absolute atomic E-state index is 15.6. The lowest BCUT2D eigenvalue weighted by molar-refractivity contribution is -0.133. The minimum absolute atomic E-state index is 0.00186. The molecule has 6 heterocycles. The number of imide groups is 1. The van der Waals surface area contributed by atoms with E-state index >= 15 is 8.78 Å². The van der Waals surface area contributed by atoms with E-state index in [2.05, 4.69) is 52.7 Å². The van der Waals surface area contributed by atoms with Gasteiger partial charge in [-0.25, -0.2) is 33.5 Å². The number of carbonyl (C=O) groups is 4. The average Bonchev–Trinajstić information content (AvgIpc) is 3.72.